The van der Waals surface area contributed by atoms with Crippen molar-refractivity contribution in [3.8, 4) is 39.1 Å². The maximum absolute atomic E-state index is 2.97. The summed E-state index contributed by atoms with van der Waals surface area (Å²) >= 11 is 0. The fourth-order valence-corrected chi connectivity index (χ4v) is 35.0. The van der Waals surface area contributed by atoms with E-state index in [0.717, 1.165) is 84.2 Å². The van der Waals surface area contributed by atoms with Gasteiger partial charge in [-0.25, -0.2) is 0 Å². The standard InChI is InChI=1S/C114H82BN3Si3/c1-10-46-92(47-11-1)119(93-48-12-2-13-49-93,94-50-14-3-15-51-94)101-64-36-41-85(77-101)83-39-34-44-89(75-83)116-110-72-33-30-69-106(110)115-107-74-73-88(87-43-38-66-103(79-87)121(98-58-22-7-23-59-98,99-60-24-8-25-61-99)100-62-26-9-27-63-100)80-111(107)117(113-82-91(81-112(116)114(113)115)118-108-70-31-28-67-104(108)105-68-29-32-71-109(105)118)90-45-35-40-84(76-90)86-42-37-65-102(78-86)120(95-52-16-4-17-53-95,96-54-18-5-19-55-96)97-56-20-6-21-57-97/h1-82H. The molecule has 3 nitrogen and oxygen atoms in total. The third kappa shape index (κ3) is 12.1. The molecule has 1 aromatic heterocycles. The van der Waals surface area contributed by atoms with Crippen LogP contribution in [0.3, 0.4) is 0 Å². The van der Waals surface area contributed by atoms with Crippen LogP contribution < -0.4 is 88.4 Å². The molecule has 0 atom stereocenters. The van der Waals surface area contributed by atoms with Gasteiger partial charge in [-0.2, -0.15) is 0 Å². The third-order valence-electron chi connectivity index (χ3n) is 25.8. The van der Waals surface area contributed by atoms with Crippen LogP contribution in [0.15, 0.2) is 497 Å². The third-order valence-corrected chi connectivity index (χ3v) is 40.1. The van der Waals surface area contributed by atoms with Gasteiger partial charge >= 0.3 is 0 Å². The normalized spacial score (nSPS) is 12.4. The molecule has 121 heavy (non-hydrogen) atoms. The number of aromatic nitrogens is 1. The Kier molecular flexibility index (Phi) is 18.4. The first-order valence-corrected chi connectivity index (χ1v) is 48.1. The Bertz CT molecular complexity index is 6880. The maximum atomic E-state index is 2.65. The van der Waals surface area contributed by atoms with Gasteiger partial charge in [-0.1, -0.05) is 437 Å². The summed E-state index contributed by atoms with van der Waals surface area (Å²) in [5.41, 5.74) is 20.6. The molecule has 3 heterocycles. The highest BCUT2D eigenvalue weighted by atomic mass is 28.3. The molecule has 2 aliphatic rings. The fraction of sp³-hybridized carbons (Fsp3) is 0. The highest BCUT2D eigenvalue weighted by molar-refractivity contribution is 7.21. The molecule has 0 unspecified atom stereocenters. The van der Waals surface area contributed by atoms with Crippen LogP contribution in [0.4, 0.5) is 34.1 Å². The van der Waals surface area contributed by atoms with Crippen LogP contribution >= 0.6 is 0 Å². The van der Waals surface area contributed by atoms with Gasteiger partial charge in [-0.3, -0.25) is 0 Å². The zero-order valence-corrected chi connectivity index (χ0v) is 69.8. The van der Waals surface area contributed by atoms with E-state index in [1.165, 1.54) is 89.4 Å². The van der Waals surface area contributed by atoms with Crippen molar-refractivity contribution in [2.45, 2.75) is 0 Å². The van der Waals surface area contributed by atoms with Crippen molar-refractivity contribution >= 4 is 165 Å². The highest BCUT2D eigenvalue weighted by Crippen LogP contribution is 2.48. The minimum absolute atomic E-state index is 0.190. The van der Waals surface area contributed by atoms with E-state index in [1.54, 1.807) is 0 Å². The molecule has 0 fully saturated rings. The minimum atomic E-state index is -2.97. The molecule has 2 aliphatic heterocycles. The number of para-hydroxylation sites is 3. The lowest BCUT2D eigenvalue weighted by Gasteiger charge is -2.44. The maximum Gasteiger partial charge on any atom is 0.252 e. The SMILES string of the molecule is c1ccc([Si](c2ccccc2)(c2ccccc2)c2cccc(-c3cccc(N4c5ccccc5B5c6ccc(-c7cccc([Si](c8ccccc8)(c8ccccc8)c8ccccc8)c7)cc6N(c6cccc(-c7cccc([Si](c8ccccc8)(c8ccccc8)c8ccccc8)c7)c6)c6cc(-n7c8ccccc8c8ccccc87)cc4c65)c3)c2)cc1. The first-order chi connectivity index (χ1) is 60.0. The lowest BCUT2D eigenvalue weighted by atomic mass is 9.33. The van der Waals surface area contributed by atoms with E-state index in [-0.39, 0.29) is 6.71 Å². The zero-order chi connectivity index (χ0) is 80.3. The highest BCUT2D eigenvalue weighted by Gasteiger charge is 2.47. The van der Waals surface area contributed by atoms with Gasteiger partial charge in [0.2, 0.25) is 0 Å². The monoisotopic (exact) mass is 1590 g/mol. The summed E-state index contributed by atoms with van der Waals surface area (Å²) in [5.74, 6) is 0. The van der Waals surface area contributed by atoms with Gasteiger partial charge in [-0.05, 0) is 173 Å². The first-order valence-electron chi connectivity index (χ1n) is 42.1. The number of rotatable bonds is 18. The van der Waals surface area contributed by atoms with E-state index in [4.69, 9.17) is 0 Å². The van der Waals surface area contributed by atoms with E-state index < -0.39 is 24.2 Å². The van der Waals surface area contributed by atoms with Crippen LogP contribution in [-0.4, -0.2) is 35.5 Å². The molecule has 0 saturated heterocycles. The Labute approximate surface area is 711 Å². The molecule has 0 bridgehead atoms. The molecule has 0 radical (unpaired) electrons. The van der Waals surface area contributed by atoms with Gasteiger partial charge in [0.15, 0.2) is 24.2 Å². The van der Waals surface area contributed by atoms with Crippen LogP contribution in [0.5, 0.6) is 0 Å². The number of nitrogens with zero attached hydrogens (tertiary/aromatic N) is 3. The average Bonchev–Trinajstić information content (AvgIpc) is 1.46. The van der Waals surface area contributed by atoms with Gasteiger partial charge in [0, 0.05) is 44.9 Å². The van der Waals surface area contributed by atoms with Crippen molar-refractivity contribution in [1.82, 2.24) is 4.57 Å². The van der Waals surface area contributed by atoms with E-state index in [1.807, 2.05) is 0 Å². The molecule has 0 N–H and O–H groups in total. The van der Waals surface area contributed by atoms with E-state index in [9.17, 15) is 0 Å². The van der Waals surface area contributed by atoms with Crippen LogP contribution in [0.25, 0.3) is 60.9 Å². The molecule has 7 heteroatoms. The van der Waals surface area contributed by atoms with Crippen LogP contribution in [-0.2, 0) is 0 Å². The molecule has 0 aliphatic carbocycles. The van der Waals surface area contributed by atoms with Crippen molar-refractivity contribution in [3.05, 3.63) is 497 Å². The van der Waals surface area contributed by atoms with E-state index in [2.05, 4.69) is 512 Å². The minimum Gasteiger partial charge on any atom is -0.311 e. The smallest absolute Gasteiger partial charge is 0.252 e. The Morgan fingerprint density at radius 1 is 0.165 bits per heavy atom. The number of fused-ring (bicyclic) bond motifs is 7. The molecule has 0 saturated carbocycles. The number of benzene rings is 19. The largest absolute Gasteiger partial charge is 0.311 e. The first kappa shape index (κ1) is 72.7. The molecule has 20 aromatic rings. The molecular formula is C114H82BN3Si3. The molecule has 19 aromatic carbocycles. The van der Waals surface area contributed by atoms with Gasteiger partial charge in [0.25, 0.3) is 6.71 Å². The van der Waals surface area contributed by atoms with Crippen LogP contribution in [0, 0.1) is 0 Å². The fourth-order valence-electron chi connectivity index (χ4n) is 20.6. The quantitative estimate of drug-likeness (QED) is 0.0627. The predicted octanol–water partition coefficient (Wildman–Crippen LogP) is 18.0. The molecule has 568 valence electrons. The van der Waals surface area contributed by atoms with E-state index >= 15 is 0 Å². The van der Waals surface area contributed by atoms with Gasteiger partial charge in [-0.15, -0.1) is 0 Å². The lowest BCUT2D eigenvalue weighted by molar-refractivity contribution is 1.16. The molecular weight excluding hydrogens is 1510 g/mol. The lowest BCUT2D eigenvalue weighted by Crippen LogP contribution is -2.74. The summed E-state index contributed by atoms with van der Waals surface area (Å²) in [6, 6.07) is 189. The Morgan fingerprint density at radius 3 is 0.777 bits per heavy atom. The topological polar surface area (TPSA) is 11.4 Å². The second kappa shape index (κ2) is 30.7. The molecule has 0 spiro atoms. The summed E-state index contributed by atoms with van der Waals surface area (Å²) in [7, 11) is -8.83. The second-order valence-electron chi connectivity index (χ2n) is 32.1. The average molecular weight is 1590 g/mol. The van der Waals surface area contributed by atoms with Gasteiger partial charge in [0.05, 0.1) is 16.7 Å². The van der Waals surface area contributed by atoms with Gasteiger partial charge in [0.1, 0.15) is 0 Å². The van der Waals surface area contributed by atoms with Crippen molar-refractivity contribution in [2.24, 2.45) is 0 Å². The summed E-state index contributed by atoms with van der Waals surface area (Å²) in [5, 5.41) is 18.4. The number of hydrogen-bond donors (Lipinski definition) is 0. The number of hydrogen-bond acceptors (Lipinski definition) is 2. The van der Waals surface area contributed by atoms with E-state index in [0.29, 0.717) is 0 Å². The second-order valence-corrected chi connectivity index (χ2v) is 43.5. The number of anilines is 6. The predicted molar refractivity (Wildman–Crippen MR) is 522 cm³/mol. The molecule has 0 amide bonds. The Balaban J connectivity index is 0.789. The molecule has 22 rings (SSSR count). The van der Waals surface area contributed by atoms with Crippen molar-refractivity contribution < 1.29 is 0 Å². The summed E-state index contributed by atoms with van der Waals surface area (Å²) < 4.78 is 2.53. The summed E-state index contributed by atoms with van der Waals surface area (Å²) in [6.07, 6.45) is 0. The van der Waals surface area contributed by atoms with Crippen LogP contribution in [0.2, 0.25) is 0 Å². The Hall–Kier alpha value is -14.7. The zero-order valence-electron chi connectivity index (χ0n) is 66.8. The van der Waals surface area contributed by atoms with Crippen LogP contribution in [0.1, 0.15) is 0 Å². The van der Waals surface area contributed by atoms with Crippen molar-refractivity contribution in [3.63, 3.8) is 0 Å². The Morgan fingerprint density at radius 2 is 0.430 bits per heavy atom. The van der Waals surface area contributed by atoms with Gasteiger partial charge < -0.3 is 14.4 Å². The van der Waals surface area contributed by atoms with Crippen molar-refractivity contribution in [2.75, 3.05) is 9.80 Å². The summed E-state index contributed by atoms with van der Waals surface area (Å²) in [6.45, 7) is -0.190. The van der Waals surface area contributed by atoms with Crippen molar-refractivity contribution in [1.29, 1.82) is 0 Å². The summed E-state index contributed by atoms with van der Waals surface area (Å²) in [4.78, 5) is 5.25.